The van der Waals surface area contributed by atoms with Crippen LogP contribution in [0.3, 0.4) is 0 Å². The molecule has 0 unspecified atom stereocenters. The second-order valence-corrected chi connectivity index (χ2v) is 5.99. The van der Waals surface area contributed by atoms with Crippen LogP contribution in [0.1, 0.15) is 12.8 Å². The molecule has 14 heavy (non-hydrogen) atoms. The number of hydrogen-bond acceptors (Lipinski definition) is 3. The molecular weight excluding hydrogens is 202 g/mol. The highest BCUT2D eigenvalue weighted by Crippen LogP contribution is 2.14. The van der Waals surface area contributed by atoms with Gasteiger partial charge >= 0.3 is 0 Å². The van der Waals surface area contributed by atoms with Crippen molar-refractivity contribution in [1.29, 1.82) is 0 Å². The summed E-state index contributed by atoms with van der Waals surface area (Å²) in [6, 6.07) is 0.142. The SMILES string of the molecule is CN(C)S(=O)(=O)N(C)C1CCNCC1. The highest BCUT2D eigenvalue weighted by molar-refractivity contribution is 7.86. The fourth-order valence-corrected chi connectivity index (χ4v) is 2.72. The Bertz CT molecular complexity index is 270. The predicted octanol–water partition coefficient (Wildman–Crippen LogP) is -0.523. The zero-order valence-corrected chi connectivity index (χ0v) is 9.84. The van der Waals surface area contributed by atoms with Crippen LogP contribution >= 0.6 is 0 Å². The molecule has 84 valence electrons. The summed E-state index contributed by atoms with van der Waals surface area (Å²) in [6.45, 7) is 1.80. The lowest BCUT2D eigenvalue weighted by Gasteiger charge is -2.32. The summed E-state index contributed by atoms with van der Waals surface area (Å²) in [7, 11) is 1.55. The summed E-state index contributed by atoms with van der Waals surface area (Å²) in [5, 5.41) is 3.22. The van der Waals surface area contributed by atoms with E-state index >= 15 is 0 Å². The van der Waals surface area contributed by atoms with Crippen molar-refractivity contribution in [2.45, 2.75) is 18.9 Å². The average molecular weight is 221 g/mol. The summed E-state index contributed by atoms with van der Waals surface area (Å²) in [6.07, 6.45) is 1.78. The maximum absolute atomic E-state index is 11.8. The molecule has 1 fully saturated rings. The van der Waals surface area contributed by atoms with Crippen molar-refractivity contribution >= 4 is 10.2 Å². The van der Waals surface area contributed by atoms with Gasteiger partial charge in [0.25, 0.3) is 10.2 Å². The van der Waals surface area contributed by atoms with E-state index in [1.165, 1.54) is 8.61 Å². The van der Waals surface area contributed by atoms with Gasteiger partial charge in [-0.15, -0.1) is 0 Å². The number of hydrogen-bond donors (Lipinski definition) is 1. The van der Waals surface area contributed by atoms with Crippen LogP contribution in [0.5, 0.6) is 0 Å². The summed E-state index contributed by atoms with van der Waals surface area (Å²) in [5.74, 6) is 0. The van der Waals surface area contributed by atoms with E-state index in [4.69, 9.17) is 0 Å². The Morgan fingerprint density at radius 2 is 1.64 bits per heavy atom. The smallest absolute Gasteiger partial charge is 0.281 e. The number of nitrogens with one attached hydrogen (secondary N) is 1. The molecule has 0 radical (unpaired) electrons. The van der Waals surface area contributed by atoms with Gasteiger partial charge < -0.3 is 5.32 Å². The topological polar surface area (TPSA) is 52.7 Å². The van der Waals surface area contributed by atoms with Crippen LogP contribution in [0.15, 0.2) is 0 Å². The molecular formula is C8H19N3O2S. The molecule has 6 heteroatoms. The predicted molar refractivity (Wildman–Crippen MR) is 56.3 cm³/mol. The molecule has 0 aromatic rings. The summed E-state index contributed by atoms with van der Waals surface area (Å²) in [5.41, 5.74) is 0. The molecule has 0 aliphatic carbocycles. The molecule has 1 saturated heterocycles. The Labute approximate surface area is 86.3 Å². The molecule has 0 amide bonds. The van der Waals surface area contributed by atoms with E-state index in [9.17, 15) is 8.42 Å². The van der Waals surface area contributed by atoms with Crippen LogP contribution in [-0.4, -0.2) is 57.3 Å². The van der Waals surface area contributed by atoms with Crippen molar-refractivity contribution in [2.24, 2.45) is 0 Å². The van der Waals surface area contributed by atoms with E-state index < -0.39 is 10.2 Å². The first-order valence-electron chi connectivity index (χ1n) is 4.82. The fourth-order valence-electron chi connectivity index (χ4n) is 1.62. The van der Waals surface area contributed by atoms with Gasteiger partial charge in [-0.05, 0) is 25.9 Å². The Morgan fingerprint density at radius 3 is 2.07 bits per heavy atom. The Morgan fingerprint density at radius 1 is 1.14 bits per heavy atom. The minimum absolute atomic E-state index is 0.142. The Balaban J connectivity index is 2.68. The van der Waals surface area contributed by atoms with E-state index in [2.05, 4.69) is 5.32 Å². The van der Waals surface area contributed by atoms with Crippen molar-refractivity contribution in [1.82, 2.24) is 13.9 Å². The first kappa shape index (κ1) is 11.9. The van der Waals surface area contributed by atoms with Crippen molar-refractivity contribution < 1.29 is 8.42 Å². The summed E-state index contributed by atoms with van der Waals surface area (Å²) < 4.78 is 26.3. The monoisotopic (exact) mass is 221 g/mol. The van der Waals surface area contributed by atoms with Gasteiger partial charge in [0.2, 0.25) is 0 Å². The molecule has 1 N–H and O–H groups in total. The fraction of sp³-hybridized carbons (Fsp3) is 1.00. The maximum Gasteiger partial charge on any atom is 0.281 e. The van der Waals surface area contributed by atoms with Gasteiger partial charge in [0.05, 0.1) is 0 Å². The molecule has 1 aliphatic heterocycles. The minimum Gasteiger partial charge on any atom is -0.317 e. The lowest BCUT2D eigenvalue weighted by atomic mass is 10.1. The van der Waals surface area contributed by atoms with Crippen LogP contribution in [-0.2, 0) is 10.2 Å². The summed E-state index contributed by atoms with van der Waals surface area (Å²) in [4.78, 5) is 0. The van der Waals surface area contributed by atoms with Gasteiger partial charge in [-0.1, -0.05) is 0 Å². The van der Waals surface area contributed by atoms with Crippen LogP contribution in [0, 0.1) is 0 Å². The summed E-state index contributed by atoms with van der Waals surface area (Å²) >= 11 is 0. The highest BCUT2D eigenvalue weighted by atomic mass is 32.2. The van der Waals surface area contributed by atoms with Crippen LogP contribution in [0.25, 0.3) is 0 Å². The van der Waals surface area contributed by atoms with Gasteiger partial charge in [-0.25, -0.2) is 0 Å². The number of nitrogens with zero attached hydrogens (tertiary/aromatic N) is 2. The molecule has 0 atom stereocenters. The van der Waals surface area contributed by atoms with Gasteiger partial charge in [0.15, 0.2) is 0 Å². The Kier molecular flexibility index (Phi) is 3.88. The van der Waals surface area contributed by atoms with E-state index in [1.807, 2.05) is 0 Å². The number of rotatable bonds is 3. The molecule has 0 bridgehead atoms. The number of piperidine rings is 1. The highest BCUT2D eigenvalue weighted by Gasteiger charge is 2.28. The lowest BCUT2D eigenvalue weighted by molar-refractivity contribution is 0.283. The van der Waals surface area contributed by atoms with Crippen LogP contribution < -0.4 is 5.32 Å². The van der Waals surface area contributed by atoms with Crippen molar-refractivity contribution in [3.63, 3.8) is 0 Å². The molecule has 0 aromatic heterocycles. The standard InChI is InChI=1S/C8H19N3O2S/c1-10(2)14(12,13)11(3)8-4-6-9-7-5-8/h8-9H,4-7H2,1-3H3. The Hall–Kier alpha value is -0.170. The molecule has 0 aromatic carbocycles. The van der Waals surface area contributed by atoms with Crippen molar-refractivity contribution in [3.05, 3.63) is 0 Å². The second-order valence-electron chi connectivity index (χ2n) is 3.79. The first-order valence-corrected chi connectivity index (χ1v) is 6.22. The van der Waals surface area contributed by atoms with E-state index in [0.29, 0.717) is 0 Å². The second kappa shape index (κ2) is 4.57. The first-order chi connectivity index (χ1) is 6.46. The molecule has 1 heterocycles. The van der Waals surface area contributed by atoms with Crippen LogP contribution in [0.4, 0.5) is 0 Å². The van der Waals surface area contributed by atoms with E-state index in [1.54, 1.807) is 21.1 Å². The van der Waals surface area contributed by atoms with Crippen LogP contribution in [0.2, 0.25) is 0 Å². The van der Waals surface area contributed by atoms with Gasteiger partial charge in [0.1, 0.15) is 0 Å². The zero-order valence-electron chi connectivity index (χ0n) is 9.02. The molecule has 0 saturated carbocycles. The largest absolute Gasteiger partial charge is 0.317 e. The molecule has 1 rings (SSSR count). The van der Waals surface area contributed by atoms with Crippen molar-refractivity contribution in [2.75, 3.05) is 34.2 Å². The lowest BCUT2D eigenvalue weighted by Crippen LogP contribution is -2.47. The van der Waals surface area contributed by atoms with Crippen molar-refractivity contribution in [3.8, 4) is 0 Å². The third-order valence-electron chi connectivity index (χ3n) is 2.65. The van der Waals surface area contributed by atoms with E-state index in [-0.39, 0.29) is 6.04 Å². The van der Waals surface area contributed by atoms with Gasteiger partial charge in [-0.2, -0.15) is 17.0 Å². The molecule has 1 aliphatic rings. The quantitative estimate of drug-likeness (QED) is 0.697. The molecule has 5 nitrogen and oxygen atoms in total. The zero-order chi connectivity index (χ0) is 10.8. The minimum atomic E-state index is -3.24. The normalized spacial score (nSPS) is 20.6. The van der Waals surface area contributed by atoms with E-state index in [0.717, 1.165) is 25.9 Å². The average Bonchev–Trinajstić information content (AvgIpc) is 2.17. The molecule has 0 spiro atoms. The van der Waals surface area contributed by atoms with Gasteiger partial charge in [0, 0.05) is 27.2 Å². The maximum atomic E-state index is 11.8. The third-order valence-corrected chi connectivity index (χ3v) is 4.60. The van der Waals surface area contributed by atoms with Gasteiger partial charge in [-0.3, -0.25) is 0 Å². The third kappa shape index (κ3) is 2.44.